The molecule has 1 aliphatic rings. The van der Waals surface area contributed by atoms with Gasteiger partial charge in [-0.3, -0.25) is 19.8 Å². The van der Waals surface area contributed by atoms with Crippen LogP contribution in [0.25, 0.3) is 10.9 Å². The summed E-state index contributed by atoms with van der Waals surface area (Å²) in [4.78, 5) is 32.1. The van der Waals surface area contributed by atoms with Gasteiger partial charge in [-0.15, -0.1) is 0 Å². The van der Waals surface area contributed by atoms with E-state index in [9.17, 15) is 14.8 Å². The van der Waals surface area contributed by atoms with Crippen molar-refractivity contribution in [3.63, 3.8) is 0 Å². The van der Waals surface area contributed by atoms with E-state index in [2.05, 4.69) is 10.3 Å². The monoisotopic (exact) mass is 490 g/mol. The lowest BCUT2D eigenvalue weighted by Gasteiger charge is -2.31. The molecule has 3 N–H and O–H groups in total. The molecule has 2 aromatic carbocycles. The number of para-hydroxylation sites is 1. The zero-order valence-electron chi connectivity index (χ0n) is 21.2. The summed E-state index contributed by atoms with van der Waals surface area (Å²) in [5.74, 6) is 0.142. The van der Waals surface area contributed by atoms with Crippen LogP contribution in [0.15, 0.2) is 54.6 Å². The predicted molar refractivity (Wildman–Crippen MR) is 137 cm³/mol. The first-order chi connectivity index (χ1) is 17.3. The van der Waals surface area contributed by atoms with Crippen LogP contribution < -0.4 is 15.5 Å². The molecule has 2 amide bonds. The second-order valence-corrected chi connectivity index (χ2v) is 9.78. The molecule has 0 radical (unpaired) electrons. The second kappa shape index (κ2) is 10.6. The minimum atomic E-state index is -0.943. The normalized spacial score (nSPS) is 18.6. The largest absolute Gasteiger partial charge is 0.489 e. The van der Waals surface area contributed by atoms with Gasteiger partial charge in [0.25, 0.3) is 5.91 Å². The SMILES string of the molecule is CNC1(c2ccc(OCc3cc(C)nc4ccccc34)cc2)CCN(C(CC(C)C)C(=O)NO)C1=O. The highest BCUT2D eigenvalue weighted by Crippen LogP contribution is 2.36. The van der Waals surface area contributed by atoms with Crippen molar-refractivity contribution < 1.29 is 19.5 Å². The lowest BCUT2D eigenvalue weighted by molar-refractivity contribution is -0.145. The molecule has 0 saturated carbocycles. The number of nitrogens with one attached hydrogen (secondary N) is 2. The lowest BCUT2D eigenvalue weighted by Crippen LogP contribution is -2.53. The number of amides is 2. The van der Waals surface area contributed by atoms with Gasteiger partial charge in [-0.2, -0.15) is 0 Å². The van der Waals surface area contributed by atoms with Crippen molar-refractivity contribution in [3.05, 3.63) is 71.4 Å². The Morgan fingerprint density at radius 1 is 1.19 bits per heavy atom. The van der Waals surface area contributed by atoms with E-state index < -0.39 is 17.5 Å². The van der Waals surface area contributed by atoms with Gasteiger partial charge in [0.05, 0.1) is 5.52 Å². The Hall–Kier alpha value is -3.49. The molecule has 190 valence electrons. The number of benzene rings is 2. The highest BCUT2D eigenvalue weighted by Gasteiger charge is 2.50. The number of ether oxygens (including phenoxy) is 1. The number of carbonyl (C=O) groups is 2. The number of rotatable bonds is 9. The maximum atomic E-state index is 13.6. The Balaban J connectivity index is 1.52. The van der Waals surface area contributed by atoms with Gasteiger partial charge in [-0.05, 0) is 62.6 Å². The fraction of sp³-hybridized carbons (Fsp3) is 0.393. The van der Waals surface area contributed by atoms with Crippen LogP contribution in [0, 0.1) is 12.8 Å². The van der Waals surface area contributed by atoms with Gasteiger partial charge in [0.15, 0.2) is 0 Å². The average molecular weight is 491 g/mol. The maximum absolute atomic E-state index is 13.6. The summed E-state index contributed by atoms with van der Waals surface area (Å²) in [5.41, 5.74) is 4.54. The van der Waals surface area contributed by atoms with Crippen molar-refractivity contribution in [3.8, 4) is 5.75 Å². The molecule has 1 aromatic heterocycles. The van der Waals surface area contributed by atoms with Crippen molar-refractivity contribution in [2.75, 3.05) is 13.6 Å². The number of hydrogen-bond acceptors (Lipinski definition) is 6. The van der Waals surface area contributed by atoms with Crippen molar-refractivity contribution >= 4 is 22.7 Å². The van der Waals surface area contributed by atoms with Crippen molar-refractivity contribution in [1.29, 1.82) is 0 Å². The predicted octanol–water partition coefficient (Wildman–Crippen LogP) is 3.69. The van der Waals surface area contributed by atoms with Crippen LogP contribution in [0.4, 0.5) is 0 Å². The zero-order chi connectivity index (χ0) is 25.9. The summed E-state index contributed by atoms with van der Waals surface area (Å²) >= 11 is 0. The Morgan fingerprint density at radius 3 is 2.58 bits per heavy atom. The van der Waals surface area contributed by atoms with Gasteiger partial charge >= 0.3 is 0 Å². The van der Waals surface area contributed by atoms with E-state index in [1.165, 1.54) is 0 Å². The van der Waals surface area contributed by atoms with E-state index in [0.717, 1.165) is 27.7 Å². The highest BCUT2D eigenvalue weighted by atomic mass is 16.5. The Bertz CT molecular complexity index is 1240. The van der Waals surface area contributed by atoms with Crippen molar-refractivity contribution in [2.45, 2.75) is 51.8 Å². The smallest absolute Gasteiger partial charge is 0.266 e. The van der Waals surface area contributed by atoms with Crippen LogP contribution in [0.5, 0.6) is 5.75 Å². The highest BCUT2D eigenvalue weighted by molar-refractivity contribution is 5.94. The van der Waals surface area contributed by atoms with Crippen LogP contribution in [-0.2, 0) is 21.7 Å². The van der Waals surface area contributed by atoms with Crippen molar-refractivity contribution in [1.82, 2.24) is 20.7 Å². The quantitative estimate of drug-likeness (QED) is 0.312. The van der Waals surface area contributed by atoms with E-state index in [1.807, 2.05) is 75.4 Å². The molecule has 0 bridgehead atoms. The summed E-state index contributed by atoms with van der Waals surface area (Å²) in [7, 11) is 1.76. The fourth-order valence-electron chi connectivity index (χ4n) is 5.09. The van der Waals surface area contributed by atoms with Crippen LogP contribution in [0.2, 0.25) is 0 Å². The van der Waals surface area contributed by atoms with Crippen molar-refractivity contribution in [2.24, 2.45) is 5.92 Å². The molecule has 4 rings (SSSR count). The number of carbonyl (C=O) groups excluding carboxylic acids is 2. The van der Waals surface area contributed by atoms with Gasteiger partial charge < -0.3 is 15.0 Å². The number of fused-ring (bicyclic) bond motifs is 1. The van der Waals surface area contributed by atoms with E-state index in [-0.39, 0.29) is 11.8 Å². The number of nitrogens with zero attached hydrogens (tertiary/aromatic N) is 2. The van der Waals surface area contributed by atoms with Gasteiger partial charge in [0.1, 0.15) is 23.9 Å². The zero-order valence-corrected chi connectivity index (χ0v) is 21.2. The molecule has 8 nitrogen and oxygen atoms in total. The van der Waals surface area contributed by atoms with E-state index in [1.54, 1.807) is 17.4 Å². The lowest BCUT2D eigenvalue weighted by atomic mass is 9.88. The number of likely N-dealkylation sites (tertiary alicyclic amines) is 1. The molecule has 1 fully saturated rings. The number of hydrogen-bond donors (Lipinski definition) is 3. The number of likely N-dealkylation sites (N-methyl/N-ethyl adjacent to an activating group) is 1. The minimum Gasteiger partial charge on any atom is -0.489 e. The van der Waals surface area contributed by atoms with E-state index in [4.69, 9.17) is 4.74 Å². The molecular formula is C28H34N4O4. The third-order valence-corrected chi connectivity index (χ3v) is 6.94. The number of pyridine rings is 1. The number of aryl methyl sites for hydroxylation is 1. The molecule has 2 heterocycles. The summed E-state index contributed by atoms with van der Waals surface area (Å²) in [6, 6.07) is 16.8. The van der Waals surface area contributed by atoms with Gasteiger partial charge in [0.2, 0.25) is 5.91 Å². The molecule has 36 heavy (non-hydrogen) atoms. The minimum absolute atomic E-state index is 0.174. The molecular weight excluding hydrogens is 456 g/mol. The second-order valence-electron chi connectivity index (χ2n) is 9.78. The number of hydroxylamine groups is 1. The molecule has 1 aliphatic heterocycles. The Morgan fingerprint density at radius 2 is 1.92 bits per heavy atom. The standard InChI is InChI=1S/C28H34N4O4/c1-18(2)15-25(26(33)31-35)32-14-13-28(29-4,27(32)34)21-9-11-22(12-10-21)36-17-20-16-19(3)30-24-8-6-5-7-23(20)24/h5-12,16,18,25,29,35H,13-15,17H2,1-4H3,(H,31,33). The van der Waals surface area contributed by atoms with E-state index >= 15 is 0 Å². The molecule has 3 aromatic rings. The molecule has 8 heteroatoms. The average Bonchev–Trinajstić information content (AvgIpc) is 3.22. The third kappa shape index (κ3) is 4.92. The van der Waals surface area contributed by atoms with Crippen LogP contribution in [0.3, 0.4) is 0 Å². The molecule has 0 spiro atoms. The molecule has 1 saturated heterocycles. The number of aromatic nitrogens is 1. The van der Waals surface area contributed by atoms with Crippen LogP contribution >= 0.6 is 0 Å². The molecule has 2 atom stereocenters. The topological polar surface area (TPSA) is 104 Å². The summed E-state index contributed by atoms with van der Waals surface area (Å²) in [6.07, 6.45) is 0.978. The molecule has 0 aliphatic carbocycles. The van der Waals surface area contributed by atoms with E-state index in [0.29, 0.717) is 31.7 Å². The van der Waals surface area contributed by atoms with Gasteiger partial charge in [-0.25, -0.2) is 5.48 Å². The van der Waals surface area contributed by atoms with Gasteiger partial charge in [-0.1, -0.05) is 44.2 Å². The van der Waals surface area contributed by atoms with Crippen LogP contribution in [0.1, 0.15) is 43.5 Å². The Kier molecular flexibility index (Phi) is 7.56. The molecule has 2 unspecified atom stereocenters. The third-order valence-electron chi connectivity index (χ3n) is 6.94. The first-order valence-corrected chi connectivity index (χ1v) is 12.3. The first kappa shape index (κ1) is 25.6. The van der Waals surface area contributed by atoms with Crippen LogP contribution in [-0.4, -0.2) is 46.5 Å². The fourth-order valence-corrected chi connectivity index (χ4v) is 5.09. The summed E-state index contributed by atoms with van der Waals surface area (Å²) in [5, 5.41) is 13.5. The first-order valence-electron chi connectivity index (χ1n) is 12.3. The van der Waals surface area contributed by atoms with Gasteiger partial charge in [0, 0.05) is 23.2 Å². The Labute approximate surface area is 211 Å². The summed E-state index contributed by atoms with van der Waals surface area (Å²) in [6.45, 7) is 6.76. The maximum Gasteiger partial charge on any atom is 0.266 e. The summed E-state index contributed by atoms with van der Waals surface area (Å²) < 4.78 is 6.09.